The van der Waals surface area contributed by atoms with Crippen LogP contribution in [0.1, 0.15) is 22.3 Å². The molecule has 0 fully saturated rings. The van der Waals surface area contributed by atoms with Crippen LogP contribution in [0, 0.1) is 5.82 Å². The van der Waals surface area contributed by atoms with Gasteiger partial charge in [0.15, 0.2) is 6.61 Å². The van der Waals surface area contributed by atoms with Crippen LogP contribution in [-0.4, -0.2) is 32.1 Å². The minimum Gasteiger partial charge on any atom is -0.497 e. The van der Waals surface area contributed by atoms with E-state index < -0.39 is 24.3 Å². The third kappa shape index (κ3) is 5.91. The highest BCUT2D eigenvalue weighted by Crippen LogP contribution is 2.16. The first-order valence-corrected chi connectivity index (χ1v) is 7.91. The van der Waals surface area contributed by atoms with Crippen molar-refractivity contribution in [1.82, 2.24) is 5.32 Å². The zero-order valence-electron chi connectivity index (χ0n) is 14.0. The van der Waals surface area contributed by atoms with Gasteiger partial charge in [-0.1, -0.05) is 30.3 Å². The summed E-state index contributed by atoms with van der Waals surface area (Å²) < 4.78 is 23.4. The average Bonchev–Trinajstić information content (AvgIpc) is 2.64. The van der Waals surface area contributed by atoms with Crippen molar-refractivity contribution in [3.63, 3.8) is 0 Å². The van der Waals surface area contributed by atoms with Crippen molar-refractivity contribution in [2.75, 3.05) is 20.3 Å². The molecule has 0 aliphatic carbocycles. The molecule has 2 aromatic carbocycles. The van der Waals surface area contributed by atoms with E-state index in [4.69, 9.17) is 9.47 Å². The van der Waals surface area contributed by atoms with Gasteiger partial charge in [0.1, 0.15) is 11.6 Å². The van der Waals surface area contributed by atoms with Crippen molar-refractivity contribution in [3.05, 3.63) is 65.5 Å². The molecular formula is C19H20FNO4. The fourth-order valence-electron chi connectivity index (χ4n) is 2.21. The molecule has 0 radical (unpaired) electrons. The highest BCUT2D eigenvalue weighted by molar-refractivity contribution is 5.91. The van der Waals surface area contributed by atoms with Gasteiger partial charge in [0.25, 0.3) is 5.91 Å². The fourth-order valence-corrected chi connectivity index (χ4v) is 2.21. The van der Waals surface area contributed by atoms with Crippen LogP contribution in [-0.2, 0) is 16.0 Å². The Balaban J connectivity index is 1.70. The normalized spacial score (nSPS) is 10.2. The number of hydrogen-bond donors (Lipinski definition) is 1. The maximum Gasteiger partial charge on any atom is 0.341 e. The van der Waals surface area contributed by atoms with Gasteiger partial charge in [0.2, 0.25) is 0 Å². The maximum atomic E-state index is 13.7. The minimum atomic E-state index is -0.889. The fraction of sp³-hybridized carbons (Fsp3) is 0.263. The van der Waals surface area contributed by atoms with Crippen LogP contribution in [0.25, 0.3) is 0 Å². The molecule has 0 atom stereocenters. The van der Waals surface area contributed by atoms with Crippen molar-refractivity contribution in [3.8, 4) is 5.75 Å². The van der Waals surface area contributed by atoms with E-state index in [0.717, 1.165) is 18.9 Å². The van der Waals surface area contributed by atoms with Gasteiger partial charge in [0.05, 0.1) is 12.7 Å². The lowest BCUT2D eigenvalue weighted by Gasteiger charge is -2.08. The molecule has 0 saturated heterocycles. The van der Waals surface area contributed by atoms with Crippen molar-refractivity contribution in [2.45, 2.75) is 12.8 Å². The summed E-state index contributed by atoms with van der Waals surface area (Å²) in [6, 6.07) is 13.7. The second-order valence-corrected chi connectivity index (χ2v) is 5.36. The number of aryl methyl sites for hydroxylation is 1. The smallest absolute Gasteiger partial charge is 0.341 e. The van der Waals surface area contributed by atoms with E-state index in [1.807, 2.05) is 30.3 Å². The Hall–Kier alpha value is -2.89. The Bertz CT molecular complexity index is 719. The van der Waals surface area contributed by atoms with E-state index in [1.54, 1.807) is 0 Å². The third-order valence-electron chi connectivity index (χ3n) is 3.54. The van der Waals surface area contributed by atoms with Crippen LogP contribution >= 0.6 is 0 Å². The van der Waals surface area contributed by atoms with E-state index in [-0.39, 0.29) is 5.56 Å². The maximum absolute atomic E-state index is 13.7. The molecular weight excluding hydrogens is 325 g/mol. The Morgan fingerprint density at radius 3 is 2.56 bits per heavy atom. The molecule has 0 aromatic heterocycles. The molecule has 2 aromatic rings. The summed E-state index contributed by atoms with van der Waals surface area (Å²) in [7, 11) is 1.40. The zero-order valence-corrected chi connectivity index (χ0v) is 14.0. The van der Waals surface area contributed by atoms with Crippen LogP contribution in [0.4, 0.5) is 4.39 Å². The van der Waals surface area contributed by atoms with Crippen LogP contribution in [0.3, 0.4) is 0 Å². The summed E-state index contributed by atoms with van der Waals surface area (Å²) in [5.41, 5.74) is 0.954. The second-order valence-electron chi connectivity index (χ2n) is 5.36. The summed E-state index contributed by atoms with van der Waals surface area (Å²) >= 11 is 0. The van der Waals surface area contributed by atoms with Crippen molar-refractivity contribution in [1.29, 1.82) is 0 Å². The monoisotopic (exact) mass is 345 g/mol. The number of carbonyl (C=O) groups excluding carboxylic acids is 2. The average molecular weight is 345 g/mol. The highest BCUT2D eigenvalue weighted by Gasteiger charge is 2.15. The lowest BCUT2D eigenvalue weighted by Crippen LogP contribution is -2.30. The number of nitrogens with one attached hydrogen (secondary N) is 1. The van der Waals surface area contributed by atoms with Gasteiger partial charge < -0.3 is 14.8 Å². The quantitative estimate of drug-likeness (QED) is 0.590. The minimum absolute atomic E-state index is 0.238. The first kappa shape index (κ1) is 18.4. The van der Waals surface area contributed by atoms with E-state index in [2.05, 4.69) is 5.32 Å². The van der Waals surface area contributed by atoms with E-state index in [1.165, 1.54) is 24.8 Å². The Morgan fingerprint density at radius 1 is 1.12 bits per heavy atom. The molecule has 0 spiro atoms. The number of esters is 1. The standard InChI is InChI=1S/C19H20FNO4/c1-24-15-9-10-16(17(20)12-15)19(23)25-13-18(22)21-11-5-8-14-6-3-2-4-7-14/h2-4,6-7,9-10,12H,5,8,11,13H2,1H3,(H,21,22). The number of halogens is 1. The molecule has 1 N–H and O–H groups in total. The first-order valence-electron chi connectivity index (χ1n) is 7.91. The summed E-state index contributed by atoms with van der Waals surface area (Å²) in [5.74, 6) is -1.77. The van der Waals surface area contributed by atoms with Gasteiger partial charge in [-0.25, -0.2) is 9.18 Å². The number of carbonyl (C=O) groups is 2. The molecule has 0 heterocycles. The molecule has 0 unspecified atom stereocenters. The van der Waals surface area contributed by atoms with E-state index >= 15 is 0 Å². The van der Waals surface area contributed by atoms with Crippen molar-refractivity contribution in [2.24, 2.45) is 0 Å². The number of rotatable bonds is 8. The van der Waals surface area contributed by atoms with Crippen LogP contribution < -0.4 is 10.1 Å². The van der Waals surface area contributed by atoms with Gasteiger partial charge in [-0.15, -0.1) is 0 Å². The molecule has 5 nitrogen and oxygen atoms in total. The van der Waals surface area contributed by atoms with Crippen LogP contribution in [0.2, 0.25) is 0 Å². The molecule has 6 heteroatoms. The lowest BCUT2D eigenvalue weighted by molar-refractivity contribution is -0.124. The largest absolute Gasteiger partial charge is 0.497 e. The van der Waals surface area contributed by atoms with Crippen molar-refractivity contribution < 1.29 is 23.5 Å². The van der Waals surface area contributed by atoms with Gasteiger partial charge >= 0.3 is 5.97 Å². The van der Waals surface area contributed by atoms with Gasteiger partial charge in [-0.05, 0) is 30.5 Å². The van der Waals surface area contributed by atoms with Crippen LogP contribution in [0.15, 0.2) is 48.5 Å². The first-order chi connectivity index (χ1) is 12.1. The SMILES string of the molecule is COc1ccc(C(=O)OCC(=O)NCCCc2ccccc2)c(F)c1. The van der Waals surface area contributed by atoms with Crippen molar-refractivity contribution >= 4 is 11.9 Å². The number of methoxy groups -OCH3 is 1. The molecule has 0 bridgehead atoms. The van der Waals surface area contributed by atoms with Crippen LogP contribution in [0.5, 0.6) is 5.75 Å². The van der Waals surface area contributed by atoms with Gasteiger partial charge in [-0.3, -0.25) is 4.79 Å². The Morgan fingerprint density at radius 2 is 1.88 bits per heavy atom. The highest BCUT2D eigenvalue weighted by atomic mass is 19.1. The Kier molecular flexibility index (Phi) is 6.95. The number of benzene rings is 2. The molecule has 0 aliphatic heterocycles. The summed E-state index contributed by atoms with van der Waals surface area (Å²) in [5, 5.41) is 2.66. The Labute approximate surface area is 145 Å². The number of ether oxygens (including phenoxy) is 2. The predicted octanol–water partition coefficient (Wildman–Crippen LogP) is 2.74. The number of amides is 1. The van der Waals surface area contributed by atoms with Gasteiger partial charge in [0, 0.05) is 12.6 Å². The number of hydrogen-bond acceptors (Lipinski definition) is 4. The molecule has 2 rings (SSSR count). The summed E-state index contributed by atoms with van der Waals surface area (Å²) in [4.78, 5) is 23.5. The summed E-state index contributed by atoms with van der Waals surface area (Å²) in [6.07, 6.45) is 1.62. The lowest BCUT2D eigenvalue weighted by atomic mass is 10.1. The van der Waals surface area contributed by atoms with Gasteiger partial charge in [-0.2, -0.15) is 0 Å². The molecule has 132 valence electrons. The topological polar surface area (TPSA) is 64.6 Å². The second kappa shape index (κ2) is 9.42. The summed E-state index contributed by atoms with van der Waals surface area (Å²) in [6.45, 7) is 0.0256. The molecule has 0 saturated carbocycles. The molecule has 1 amide bonds. The molecule has 25 heavy (non-hydrogen) atoms. The zero-order chi connectivity index (χ0) is 18.1. The third-order valence-corrected chi connectivity index (χ3v) is 3.54. The van der Waals surface area contributed by atoms with E-state index in [9.17, 15) is 14.0 Å². The molecule has 0 aliphatic rings. The predicted molar refractivity (Wildman–Crippen MR) is 91.0 cm³/mol. The van der Waals surface area contributed by atoms with E-state index in [0.29, 0.717) is 12.3 Å².